The summed E-state index contributed by atoms with van der Waals surface area (Å²) in [6, 6.07) is 5.77. The van der Waals surface area contributed by atoms with Crippen LogP contribution in [0.15, 0.2) is 24.4 Å². The van der Waals surface area contributed by atoms with E-state index in [0.29, 0.717) is 5.92 Å². The number of nitrogens with one attached hydrogen (secondary N) is 1. The Labute approximate surface area is 141 Å². The number of esters is 1. The van der Waals surface area contributed by atoms with Crippen molar-refractivity contribution < 1.29 is 18.9 Å². The van der Waals surface area contributed by atoms with E-state index in [4.69, 9.17) is 4.74 Å². The lowest BCUT2D eigenvalue weighted by Crippen LogP contribution is -2.44. The molecule has 0 amide bonds. The van der Waals surface area contributed by atoms with Crippen molar-refractivity contribution in [1.29, 1.82) is 0 Å². The Bertz CT molecular complexity index is 760. The monoisotopic (exact) mass is 330 g/mol. The normalized spacial score (nSPS) is 15.4. The molecule has 2 heterocycles. The Morgan fingerprint density at radius 3 is 2.71 bits per heavy atom. The number of aromatic nitrogens is 2. The quantitative estimate of drug-likeness (QED) is 0.691. The number of fused-ring (bicyclic) bond motifs is 1. The lowest BCUT2D eigenvalue weighted by molar-refractivity contribution is -0.554. The molecule has 1 aliphatic carbocycles. The predicted molar refractivity (Wildman–Crippen MR) is 90.2 cm³/mol. The lowest BCUT2D eigenvalue weighted by Gasteiger charge is -2.20. The standard InChI is InChI=1S/C18H24N3O3/c1-13(22)21-15-10-6-7-11-20(15)18(19-12-16(23)24-2)17(21)14-8-4-3-5-9-14/h6-7,10-11,14,19H,3-5,8-9,12H2,1-2H3/q+1. The van der Waals surface area contributed by atoms with E-state index in [9.17, 15) is 9.59 Å². The van der Waals surface area contributed by atoms with Crippen molar-refractivity contribution in [1.82, 2.24) is 4.40 Å². The Kier molecular flexibility index (Phi) is 4.83. The molecule has 0 spiro atoms. The Hall–Kier alpha value is -2.37. The van der Waals surface area contributed by atoms with E-state index >= 15 is 0 Å². The topological polar surface area (TPSA) is 63.7 Å². The summed E-state index contributed by atoms with van der Waals surface area (Å²) < 4.78 is 8.48. The number of hydrogen-bond acceptors (Lipinski definition) is 4. The summed E-state index contributed by atoms with van der Waals surface area (Å²) >= 11 is 0. The zero-order valence-electron chi connectivity index (χ0n) is 14.2. The summed E-state index contributed by atoms with van der Waals surface area (Å²) in [6.07, 6.45) is 7.64. The highest BCUT2D eigenvalue weighted by Crippen LogP contribution is 2.35. The number of rotatable bonds is 4. The maximum Gasteiger partial charge on any atom is 0.325 e. The number of nitrogens with zero attached hydrogens (tertiary/aromatic N) is 2. The minimum atomic E-state index is -0.329. The van der Waals surface area contributed by atoms with Gasteiger partial charge in [-0.15, -0.1) is 0 Å². The van der Waals surface area contributed by atoms with Crippen molar-refractivity contribution in [3.05, 3.63) is 30.1 Å². The van der Waals surface area contributed by atoms with E-state index < -0.39 is 0 Å². The third kappa shape index (κ3) is 3.00. The molecule has 0 aliphatic heterocycles. The number of carbonyl (C=O) groups excluding carboxylic acids is 2. The van der Waals surface area contributed by atoms with E-state index in [-0.39, 0.29) is 18.4 Å². The third-order valence-electron chi connectivity index (χ3n) is 4.73. The van der Waals surface area contributed by atoms with Gasteiger partial charge in [0.1, 0.15) is 6.54 Å². The average molecular weight is 330 g/mol. The van der Waals surface area contributed by atoms with Crippen LogP contribution in [0.2, 0.25) is 0 Å². The second kappa shape index (κ2) is 7.03. The number of carbonyl (C=O) groups is 2. The van der Waals surface area contributed by atoms with Crippen LogP contribution in [0.25, 0.3) is 5.65 Å². The molecule has 2 aromatic rings. The first-order valence-corrected chi connectivity index (χ1v) is 8.50. The second-order valence-corrected chi connectivity index (χ2v) is 6.28. The summed E-state index contributed by atoms with van der Waals surface area (Å²) in [6.45, 7) is 1.67. The number of hydrogen-bond donors (Lipinski definition) is 1. The molecule has 6 heteroatoms. The Morgan fingerprint density at radius 2 is 2.04 bits per heavy atom. The minimum absolute atomic E-state index is 0.00890. The molecule has 1 aliphatic rings. The van der Waals surface area contributed by atoms with Crippen LogP contribution in [-0.2, 0) is 9.53 Å². The molecule has 0 radical (unpaired) electrons. The van der Waals surface area contributed by atoms with Crippen LogP contribution in [-0.4, -0.2) is 29.9 Å². The smallest absolute Gasteiger partial charge is 0.325 e. The van der Waals surface area contributed by atoms with Crippen molar-refractivity contribution in [2.75, 3.05) is 19.0 Å². The van der Waals surface area contributed by atoms with E-state index in [1.54, 1.807) is 11.5 Å². The van der Waals surface area contributed by atoms with Crippen LogP contribution in [0, 0.1) is 0 Å². The van der Waals surface area contributed by atoms with Gasteiger partial charge in [0.05, 0.1) is 13.3 Å². The van der Waals surface area contributed by atoms with Crippen molar-refractivity contribution >= 4 is 23.3 Å². The molecule has 0 bridgehead atoms. The van der Waals surface area contributed by atoms with Gasteiger partial charge in [0, 0.05) is 18.9 Å². The molecule has 0 aromatic carbocycles. The van der Waals surface area contributed by atoms with Crippen LogP contribution in [0.4, 0.5) is 5.82 Å². The molecular formula is C18H24N3O3+. The van der Waals surface area contributed by atoms with Gasteiger partial charge in [-0.2, -0.15) is 8.97 Å². The molecule has 24 heavy (non-hydrogen) atoms. The maximum atomic E-state index is 12.4. The van der Waals surface area contributed by atoms with Crippen LogP contribution in [0.3, 0.4) is 0 Å². The molecular weight excluding hydrogens is 306 g/mol. The average Bonchev–Trinajstić information content (AvgIpc) is 2.95. The van der Waals surface area contributed by atoms with Crippen LogP contribution in [0.5, 0.6) is 0 Å². The minimum Gasteiger partial charge on any atom is -0.468 e. The fraction of sp³-hybridized carbons (Fsp3) is 0.500. The maximum absolute atomic E-state index is 12.4. The highest BCUT2D eigenvalue weighted by molar-refractivity contribution is 5.75. The van der Waals surface area contributed by atoms with Gasteiger partial charge in [-0.1, -0.05) is 25.3 Å². The fourth-order valence-corrected chi connectivity index (χ4v) is 3.64. The molecule has 3 rings (SSSR count). The number of anilines is 1. The first-order valence-electron chi connectivity index (χ1n) is 8.50. The molecule has 0 unspecified atom stereocenters. The van der Waals surface area contributed by atoms with E-state index in [2.05, 4.69) is 5.32 Å². The van der Waals surface area contributed by atoms with Crippen LogP contribution < -0.4 is 9.88 Å². The Balaban J connectivity index is 2.14. The molecule has 128 valence electrons. The van der Waals surface area contributed by atoms with Gasteiger partial charge in [-0.25, -0.2) is 4.79 Å². The number of methoxy groups -OCH3 is 1. The number of ether oxygens (including phenoxy) is 1. The number of imidazole rings is 1. The molecule has 0 saturated heterocycles. The van der Waals surface area contributed by atoms with Crippen molar-refractivity contribution in [2.45, 2.75) is 44.9 Å². The SMILES string of the molecule is COC(=O)CNc1c(C2CCCCC2)[n+](C(C)=O)c2ccccn12. The molecule has 0 atom stereocenters. The highest BCUT2D eigenvalue weighted by atomic mass is 16.5. The van der Waals surface area contributed by atoms with Gasteiger partial charge < -0.3 is 10.1 Å². The molecule has 2 aromatic heterocycles. The Morgan fingerprint density at radius 1 is 1.29 bits per heavy atom. The largest absolute Gasteiger partial charge is 0.468 e. The van der Waals surface area contributed by atoms with Gasteiger partial charge in [-0.3, -0.25) is 4.79 Å². The summed E-state index contributed by atoms with van der Waals surface area (Å²) in [5.41, 5.74) is 1.80. The molecule has 6 nitrogen and oxygen atoms in total. The van der Waals surface area contributed by atoms with Crippen molar-refractivity contribution in [3.8, 4) is 0 Å². The first kappa shape index (κ1) is 16.5. The summed E-state index contributed by atoms with van der Waals surface area (Å²) in [7, 11) is 1.37. The van der Waals surface area contributed by atoms with Crippen LogP contribution in [0.1, 0.15) is 55.4 Å². The van der Waals surface area contributed by atoms with Gasteiger partial charge in [0.25, 0.3) is 5.65 Å². The van der Waals surface area contributed by atoms with Crippen LogP contribution >= 0.6 is 0 Å². The third-order valence-corrected chi connectivity index (χ3v) is 4.73. The number of pyridine rings is 1. The van der Waals surface area contributed by atoms with Gasteiger partial charge >= 0.3 is 11.9 Å². The molecule has 1 fully saturated rings. The summed E-state index contributed by atoms with van der Waals surface area (Å²) in [5.74, 6) is 0.802. The summed E-state index contributed by atoms with van der Waals surface area (Å²) in [5, 5.41) is 3.19. The van der Waals surface area contributed by atoms with E-state index in [1.165, 1.54) is 26.4 Å². The summed E-state index contributed by atoms with van der Waals surface area (Å²) in [4.78, 5) is 23.9. The second-order valence-electron chi connectivity index (χ2n) is 6.28. The molecule has 1 N–H and O–H groups in total. The van der Waals surface area contributed by atoms with Gasteiger partial charge in [0.15, 0.2) is 5.69 Å². The highest BCUT2D eigenvalue weighted by Gasteiger charge is 2.34. The van der Waals surface area contributed by atoms with Gasteiger partial charge in [-0.05, 0) is 18.9 Å². The molecule has 1 saturated carbocycles. The zero-order chi connectivity index (χ0) is 17.1. The van der Waals surface area contributed by atoms with Crippen molar-refractivity contribution in [3.63, 3.8) is 0 Å². The fourth-order valence-electron chi connectivity index (χ4n) is 3.64. The van der Waals surface area contributed by atoms with Gasteiger partial charge in [0.2, 0.25) is 5.82 Å². The van der Waals surface area contributed by atoms with Crippen molar-refractivity contribution in [2.24, 2.45) is 0 Å². The lowest BCUT2D eigenvalue weighted by atomic mass is 9.86. The first-order chi connectivity index (χ1) is 11.6. The van der Waals surface area contributed by atoms with E-state index in [1.807, 2.05) is 28.8 Å². The zero-order valence-corrected chi connectivity index (χ0v) is 14.2. The van der Waals surface area contributed by atoms with E-state index in [0.717, 1.165) is 30.0 Å². The predicted octanol–water partition coefficient (Wildman–Crippen LogP) is 2.52.